The highest BCUT2D eigenvalue weighted by atomic mass is 32.2. The molecule has 1 saturated heterocycles. The van der Waals surface area contributed by atoms with Crippen LogP contribution in [0.25, 0.3) is 0 Å². The van der Waals surface area contributed by atoms with Crippen molar-refractivity contribution < 1.29 is 9.59 Å². The molecular weight excluding hydrogens is 498 g/mol. The van der Waals surface area contributed by atoms with Crippen molar-refractivity contribution in [2.24, 2.45) is 5.10 Å². The number of anilines is 1. The van der Waals surface area contributed by atoms with Gasteiger partial charge in [-0.3, -0.25) is 4.79 Å². The predicted molar refractivity (Wildman–Crippen MR) is 154 cm³/mol. The first-order valence-corrected chi connectivity index (χ1v) is 13.1. The molecule has 0 N–H and O–H groups in total. The molecule has 5 nitrogen and oxygen atoms in total. The van der Waals surface area contributed by atoms with Gasteiger partial charge >= 0.3 is 6.03 Å². The number of amides is 3. The fourth-order valence-corrected chi connectivity index (χ4v) is 5.74. The number of para-hydroxylation sites is 1. The molecule has 37 heavy (non-hydrogen) atoms. The molecule has 0 saturated carbocycles. The molecule has 0 radical (unpaired) electrons. The van der Waals surface area contributed by atoms with Crippen molar-refractivity contribution in [3.8, 4) is 0 Å². The molecule has 7 heteroatoms. The van der Waals surface area contributed by atoms with Crippen LogP contribution in [0.5, 0.6) is 0 Å². The van der Waals surface area contributed by atoms with E-state index >= 15 is 0 Å². The van der Waals surface area contributed by atoms with E-state index in [1.54, 1.807) is 18.3 Å². The summed E-state index contributed by atoms with van der Waals surface area (Å²) < 4.78 is 0.202. The molecule has 0 unspecified atom stereocenters. The van der Waals surface area contributed by atoms with Crippen molar-refractivity contribution in [1.29, 1.82) is 0 Å². The maximum atomic E-state index is 14.4. The highest BCUT2D eigenvalue weighted by Crippen LogP contribution is 2.42. The van der Waals surface area contributed by atoms with Crippen LogP contribution in [0.1, 0.15) is 16.7 Å². The molecular formula is C30H23N3O2S2. The predicted octanol–water partition coefficient (Wildman–Crippen LogP) is 6.49. The van der Waals surface area contributed by atoms with E-state index in [9.17, 15) is 9.59 Å². The maximum absolute atomic E-state index is 14.4. The van der Waals surface area contributed by atoms with Crippen LogP contribution >= 0.6 is 24.0 Å². The Bertz CT molecular complexity index is 1390. The molecule has 1 aliphatic rings. The van der Waals surface area contributed by atoms with Crippen molar-refractivity contribution >= 4 is 52.1 Å². The van der Waals surface area contributed by atoms with Gasteiger partial charge in [0.2, 0.25) is 0 Å². The molecule has 1 fully saturated rings. The Labute approximate surface area is 225 Å². The highest BCUT2D eigenvalue weighted by molar-refractivity contribution is 8.23. The largest absolute Gasteiger partial charge is 0.357 e. The van der Waals surface area contributed by atoms with E-state index in [2.05, 4.69) is 5.10 Å². The van der Waals surface area contributed by atoms with Gasteiger partial charge in [-0.1, -0.05) is 133 Å². The standard InChI is InChI=1S/C30H23N3O2S2/c34-27-30(24-15-7-2-8-16-24,25-17-9-3-10-18-25)22-37-29(36)32(27)28(35)33(26-19-11-4-12-20-26)31-21-23-13-5-1-6-14-23/h1-21H,22H2/b31-21+. The number of hydrogen-bond acceptors (Lipinski definition) is 5. The van der Waals surface area contributed by atoms with Crippen LogP contribution in [0, 0.1) is 0 Å². The monoisotopic (exact) mass is 521 g/mol. The zero-order chi connectivity index (χ0) is 25.7. The third kappa shape index (κ3) is 4.83. The number of carbonyl (C=O) groups excluding carboxylic acids is 2. The second-order valence-electron chi connectivity index (χ2n) is 8.42. The number of imide groups is 1. The van der Waals surface area contributed by atoms with Gasteiger partial charge in [0.05, 0.1) is 11.9 Å². The van der Waals surface area contributed by atoms with Crippen molar-refractivity contribution in [3.63, 3.8) is 0 Å². The normalized spacial score (nSPS) is 15.1. The summed E-state index contributed by atoms with van der Waals surface area (Å²) >= 11 is 6.92. The summed E-state index contributed by atoms with van der Waals surface area (Å²) in [4.78, 5) is 29.6. The van der Waals surface area contributed by atoms with Gasteiger partial charge in [0, 0.05) is 5.75 Å². The van der Waals surface area contributed by atoms with Gasteiger partial charge in [0.1, 0.15) is 5.41 Å². The van der Waals surface area contributed by atoms with Gasteiger partial charge in [-0.25, -0.2) is 9.69 Å². The summed E-state index contributed by atoms with van der Waals surface area (Å²) in [7, 11) is 0. The number of thiocarbonyl (C=S) groups is 1. The lowest BCUT2D eigenvalue weighted by Gasteiger charge is -2.41. The number of thioether (sulfide) groups is 1. The first-order chi connectivity index (χ1) is 18.1. The average Bonchev–Trinajstić information content (AvgIpc) is 2.96. The van der Waals surface area contributed by atoms with Crippen LogP contribution in [-0.4, -0.2) is 33.1 Å². The quantitative estimate of drug-likeness (QED) is 0.171. The lowest BCUT2D eigenvalue weighted by atomic mass is 9.74. The first-order valence-electron chi connectivity index (χ1n) is 11.7. The van der Waals surface area contributed by atoms with E-state index in [4.69, 9.17) is 12.2 Å². The van der Waals surface area contributed by atoms with E-state index < -0.39 is 17.4 Å². The van der Waals surface area contributed by atoms with Crippen LogP contribution in [0.4, 0.5) is 10.5 Å². The third-order valence-electron chi connectivity index (χ3n) is 6.19. The van der Waals surface area contributed by atoms with Crippen LogP contribution in [0.15, 0.2) is 126 Å². The molecule has 5 rings (SSSR count). The summed E-state index contributed by atoms with van der Waals surface area (Å²) in [6, 6.07) is 37.0. The molecule has 182 valence electrons. The summed E-state index contributed by atoms with van der Waals surface area (Å²) in [5, 5.41) is 5.72. The molecule has 0 aromatic heterocycles. The zero-order valence-corrected chi connectivity index (χ0v) is 21.4. The second-order valence-corrected chi connectivity index (χ2v) is 10.0. The van der Waals surface area contributed by atoms with Gasteiger partial charge in [-0.2, -0.15) is 10.1 Å². The zero-order valence-electron chi connectivity index (χ0n) is 19.8. The molecule has 1 aliphatic heterocycles. The number of rotatable bonds is 5. The summed E-state index contributed by atoms with van der Waals surface area (Å²) in [6.45, 7) is 0. The van der Waals surface area contributed by atoms with E-state index in [0.717, 1.165) is 21.6 Å². The Morgan fingerprint density at radius 2 is 1.30 bits per heavy atom. The average molecular weight is 522 g/mol. The van der Waals surface area contributed by atoms with Gasteiger partial charge in [-0.05, 0) is 28.8 Å². The van der Waals surface area contributed by atoms with E-state index in [0.29, 0.717) is 11.4 Å². The minimum Gasteiger partial charge on any atom is -0.272 e. The Kier molecular flexibility index (Phi) is 7.25. The van der Waals surface area contributed by atoms with Gasteiger partial charge in [0.25, 0.3) is 5.91 Å². The minimum atomic E-state index is -1.09. The number of hydrazone groups is 1. The Morgan fingerprint density at radius 3 is 1.84 bits per heavy atom. The SMILES string of the molecule is O=C(N1C(=O)C(c2ccccc2)(c2ccccc2)CSC1=S)N(/N=C/c1ccccc1)c1ccccc1. The van der Waals surface area contributed by atoms with E-state index in [-0.39, 0.29) is 4.32 Å². The summed E-state index contributed by atoms with van der Waals surface area (Å²) in [5.41, 5.74) is 1.87. The Hall–Kier alpha value is -4.07. The molecule has 0 atom stereocenters. The van der Waals surface area contributed by atoms with E-state index in [1.807, 2.05) is 109 Å². The second kappa shape index (κ2) is 10.9. The number of hydrogen-bond donors (Lipinski definition) is 0. The smallest absolute Gasteiger partial charge is 0.272 e. The van der Waals surface area contributed by atoms with Crippen LogP contribution in [0.2, 0.25) is 0 Å². The number of urea groups is 1. The molecule has 0 spiro atoms. The Balaban J connectivity index is 1.60. The fraction of sp³-hybridized carbons (Fsp3) is 0.0667. The first kappa shape index (κ1) is 24.6. The number of benzene rings is 4. The van der Waals surface area contributed by atoms with Gasteiger partial charge < -0.3 is 0 Å². The topological polar surface area (TPSA) is 53.0 Å². The molecule has 1 heterocycles. The highest BCUT2D eigenvalue weighted by Gasteiger charge is 2.52. The van der Waals surface area contributed by atoms with Crippen molar-refractivity contribution in [2.45, 2.75) is 5.41 Å². The third-order valence-corrected chi connectivity index (χ3v) is 7.73. The van der Waals surface area contributed by atoms with E-state index in [1.165, 1.54) is 16.8 Å². The molecule has 4 aromatic carbocycles. The van der Waals surface area contributed by atoms with Crippen LogP contribution < -0.4 is 5.01 Å². The van der Waals surface area contributed by atoms with Crippen LogP contribution in [0.3, 0.4) is 0 Å². The fourth-order valence-electron chi connectivity index (χ4n) is 4.31. The summed E-state index contributed by atoms with van der Waals surface area (Å²) in [5.74, 6) is -0.00401. The van der Waals surface area contributed by atoms with Crippen LogP contribution in [-0.2, 0) is 10.2 Å². The van der Waals surface area contributed by atoms with Crippen molar-refractivity contribution in [1.82, 2.24) is 4.90 Å². The van der Waals surface area contributed by atoms with Gasteiger partial charge in [-0.15, -0.1) is 0 Å². The van der Waals surface area contributed by atoms with Gasteiger partial charge in [0.15, 0.2) is 4.32 Å². The Morgan fingerprint density at radius 1 is 0.811 bits per heavy atom. The lowest BCUT2D eigenvalue weighted by Crippen LogP contribution is -2.58. The van der Waals surface area contributed by atoms with Crippen molar-refractivity contribution in [3.05, 3.63) is 138 Å². The molecule has 0 bridgehead atoms. The molecule has 3 amide bonds. The summed E-state index contributed by atoms with van der Waals surface area (Å²) in [6.07, 6.45) is 1.59. The number of nitrogens with zero attached hydrogens (tertiary/aromatic N) is 3. The number of carbonyl (C=O) groups is 2. The van der Waals surface area contributed by atoms with Crippen molar-refractivity contribution in [2.75, 3.05) is 10.8 Å². The lowest BCUT2D eigenvalue weighted by molar-refractivity contribution is -0.129. The maximum Gasteiger partial charge on any atom is 0.357 e. The minimum absolute atomic E-state index is 0.202. The molecule has 0 aliphatic carbocycles. The molecule has 4 aromatic rings.